The highest BCUT2D eigenvalue weighted by Gasteiger charge is 2.34. The molecule has 3 heteroatoms. The molecule has 1 aliphatic rings. The molecule has 64 valence electrons. The third-order valence-electron chi connectivity index (χ3n) is 1.76. The van der Waals surface area contributed by atoms with Crippen molar-refractivity contribution in [3.05, 3.63) is 0 Å². The lowest BCUT2D eigenvalue weighted by Gasteiger charge is -2.08. The van der Waals surface area contributed by atoms with Crippen molar-refractivity contribution in [1.29, 1.82) is 0 Å². The molecule has 1 rings (SSSR count). The largest absolute Gasteiger partial charge is 0.447 e. The molecule has 1 saturated carbocycles. The van der Waals surface area contributed by atoms with Crippen molar-refractivity contribution in [3.63, 3.8) is 0 Å². The molecule has 1 amide bonds. The van der Waals surface area contributed by atoms with Crippen LogP contribution in [-0.2, 0) is 4.74 Å². The first-order valence-electron chi connectivity index (χ1n) is 4.06. The number of hydrogen-bond donors (Lipinski definition) is 1. The lowest BCUT2D eigenvalue weighted by atomic mass is 10.5. The first-order chi connectivity index (χ1) is 5.09. The van der Waals surface area contributed by atoms with Gasteiger partial charge in [-0.2, -0.15) is 0 Å². The fourth-order valence-electron chi connectivity index (χ4n) is 0.923. The van der Waals surface area contributed by atoms with Gasteiger partial charge in [0.05, 0.1) is 6.10 Å². The fraction of sp³-hybridized carbons (Fsp3) is 0.875. The summed E-state index contributed by atoms with van der Waals surface area (Å²) in [4.78, 5) is 10.9. The molecular formula is C8H15NO2. The van der Waals surface area contributed by atoms with Crippen LogP contribution in [0.1, 0.15) is 27.2 Å². The lowest BCUT2D eigenvalue weighted by molar-refractivity contribution is 0.115. The minimum absolute atomic E-state index is 0.0240. The summed E-state index contributed by atoms with van der Waals surface area (Å²) in [5.74, 6) is 0.634. The molecule has 0 aromatic rings. The van der Waals surface area contributed by atoms with Crippen LogP contribution in [0.3, 0.4) is 0 Å². The Morgan fingerprint density at radius 2 is 2.18 bits per heavy atom. The van der Waals surface area contributed by atoms with Crippen LogP contribution in [0.2, 0.25) is 0 Å². The van der Waals surface area contributed by atoms with Gasteiger partial charge in [0, 0.05) is 6.04 Å². The van der Waals surface area contributed by atoms with Crippen molar-refractivity contribution < 1.29 is 9.53 Å². The van der Waals surface area contributed by atoms with Gasteiger partial charge in [-0.1, -0.05) is 6.92 Å². The van der Waals surface area contributed by atoms with Gasteiger partial charge in [0.15, 0.2) is 0 Å². The minimum atomic E-state index is -0.283. The van der Waals surface area contributed by atoms with Gasteiger partial charge in [-0.15, -0.1) is 0 Å². The number of alkyl carbamates (subject to hydrolysis) is 1. The number of rotatable bonds is 2. The van der Waals surface area contributed by atoms with Crippen LogP contribution in [0.4, 0.5) is 4.79 Å². The normalized spacial score (nSPS) is 28.4. The maximum Gasteiger partial charge on any atom is 0.407 e. The molecule has 1 aliphatic carbocycles. The Labute approximate surface area is 67.1 Å². The van der Waals surface area contributed by atoms with Crippen molar-refractivity contribution in [3.8, 4) is 0 Å². The zero-order valence-electron chi connectivity index (χ0n) is 7.26. The molecule has 0 spiro atoms. The van der Waals surface area contributed by atoms with Gasteiger partial charge in [-0.25, -0.2) is 4.79 Å². The molecule has 0 radical (unpaired) electrons. The summed E-state index contributed by atoms with van der Waals surface area (Å²) in [6, 6.07) is 0.362. The summed E-state index contributed by atoms with van der Waals surface area (Å²) < 4.78 is 4.90. The van der Waals surface area contributed by atoms with Crippen LogP contribution >= 0.6 is 0 Å². The molecule has 0 aromatic heterocycles. The maximum atomic E-state index is 10.9. The Balaban J connectivity index is 2.11. The van der Waals surface area contributed by atoms with Crippen LogP contribution in [-0.4, -0.2) is 18.2 Å². The highest BCUT2D eigenvalue weighted by atomic mass is 16.6. The van der Waals surface area contributed by atoms with E-state index in [4.69, 9.17) is 4.74 Å². The van der Waals surface area contributed by atoms with Gasteiger partial charge in [0.1, 0.15) is 0 Å². The molecule has 0 aliphatic heterocycles. The highest BCUT2D eigenvalue weighted by molar-refractivity contribution is 5.68. The average Bonchev–Trinajstić information content (AvgIpc) is 2.43. The van der Waals surface area contributed by atoms with E-state index in [0.717, 1.165) is 6.42 Å². The maximum absolute atomic E-state index is 10.9. The van der Waals surface area contributed by atoms with Crippen LogP contribution in [0, 0.1) is 5.92 Å². The lowest BCUT2D eigenvalue weighted by Crippen LogP contribution is -2.29. The predicted molar refractivity (Wildman–Crippen MR) is 42.3 cm³/mol. The van der Waals surface area contributed by atoms with Crippen LogP contribution in [0.15, 0.2) is 0 Å². The Morgan fingerprint density at radius 3 is 2.55 bits per heavy atom. The van der Waals surface area contributed by atoms with E-state index in [1.165, 1.54) is 0 Å². The van der Waals surface area contributed by atoms with Crippen LogP contribution in [0.5, 0.6) is 0 Å². The summed E-state index contributed by atoms with van der Waals surface area (Å²) in [7, 11) is 0. The third kappa shape index (κ3) is 2.78. The molecule has 3 nitrogen and oxygen atoms in total. The van der Waals surface area contributed by atoms with E-state index in [2.05, 4.69) is 12.2 Å². The van der Waals surface area contributed by atoms with E-state index in [-0.39, 0.29) is 12.2 Å². The third-order valence-corrected chi connectivity index (χ3v) is 1.76. The van der Waals surface area contributed by atoms with E-state index in [9.17, 15) is 4.79 Å². The molecule has 1 fully saturated rings. The molecule has 0 unspecified atom stereocenters. The van der Waals surface area contributed by atoms with E-state index < -0.39 is 0 Å². The van der Waals surface area contributed by atoms with Crippen molar-refractivity contribution >= 4 is 6.09 Å². The van der Waals surface area contributed by atoms with Crippen molar-refractivity contribution in [2.75, 3.05) is 0 Å². The fourth-order valence-corrected chi connectivity index (χ4v) is 0.923. The second kappa shape index (κ2) is 3.11. The van der Waals surface area contributed by atoms with Crippen LogP contribution in [0.25, 0.3) is 0 Å². The van der Waals surface area contributed by atoms with E-state index >= 15 is 0 Å². The molecule has 0 saturated heterocycles. The van der Waals surface area contributed by atoms with E-state index in [0.29, 0.717) is 12.0 Å². The number of hydrogen-bond acceptors (Lipinski definition) is 2. The van der Waals surface area contributed by atoms with Gasteiger partial charge >= 0.3 is 6.09 Å². The zero-order chi connectivity index (χ0) is 8.43. The van der Waals surface area contributed by atoms with Crippen molar-refractivity contribution in [2.24, 2.45) is 5.92 Å². The topological polar surface area (TPSA) is 38.3 Å². The molecule has 0 bridgehead atoms. The number of carbonyl (C=O) groups excluding carboxylic acids is 1. The summed E-state index contributed by atoms with van der Waals surface area (Å²) in [5, 5.41) is 2.77. The first-order valence-corrected chi connectivity index (χ1v) is 4.06. The highest BCUT2D eigenvalue weighted by Crippen LogP contribution is 2.28. The van der Waals surface area contributed by atoms with E-state index in [1.54, 1.807) is 0 Å². The first kappa shape index (κ1) is 8.37. The Bertz CT molecular complexity index is 156. The summed E-state index contributed by atoms with van der Waals surface area (Å²) >= 11 is 0. The van der Waals surface area contributed by atoms with Gasteiger partial charge in [-0.3, -0.25) is 0 Å². The summed E-state index contributed by atoms with van der Waals surface area (Å²) in [5.41, 5.74) is 0. The number of amides is 1. The average molecular weight is 157 g/mol. The van der Waals surface area contributed by atoms with Crippen molar-refractivity contribution in [2.45, 2.75) is 39.3 Å². The molecule has 2 atom stereocenters. The number of carbonyl (C=O) groups is 1. The standard InChI is InChI=1S/C8H15NO2/c1-5(2)11-8(10)9-7-4-6(7)3/h5-7H,4H2,1-3H3,(H,9,10)/t6-,7+/m1/s1. The molecule has 0 aromatic carbocycles. The second-order valence-electron chi connectivity index (χ2n) is 3.42. The van der Waals surface area contributed by atoms with Gasteiger partial charge in [0.25, 0.3) is 0 Å². The van der Waals surface area contributed by atoms with Crippen LogP contribution < -0.4 is 5.32 Å². The van der Waals surface area contributed by atoms with Gasteiger partial charge in [-0.05, 0) is 26.2 Å². The molecule has 0 heterocycles. The molecule has 11 heavy (non-hydrogen) atoms. The Hall–Kier alpha value is -0.730. The summed E-state index contributed by atoms with van der Waals surface area (Å²) in [6.07, 6.45) is 0.783. The SMILES string of the molecule is CC(C)OC(=O)N[C@H]1C[C@H]1C. The molecule has 1 N–H and O–H groups in total. The quantitative estimate of drug-likeness (QED) is 0.660. The van der Waals surface area contributed by atoms with E-state index in [1.807, 2.05) is 13.8 Å². The minimum Gasteiger partial charge on any atom is -0.447 e. The zero-order valence-corrected chi connectivity index (χ0v) is 7.26. The number of ether oxygens (including phenoxy) is 1. The van der Waals surface area contributed by atoms with Gasteiger partial charge in [0.2, 0.25) is 0 Å². The Kier molecular flexibility index (Phi) is 2.37. The molecular weight excluding hydrogens is 142 g/mol. The van der Waals surface area contributed by atoms with Crippen molar-refractivity contribution in [1.82, 2.24) is 5.32 Å². The second-order valence-corrected chi connectivity index (χ2v) is 3.42. The smallest absolute Gasteiger partial charge is 0.407 e. The summed E-state index contributed by atoms with van der Waals surface area (Å²) in [6.45, 7) is 5.80. The Morgan fingerprint density at radius 1 is 1.64 bits per heavy atom. The van der Waals surface area contributed by atoms with Gasteiger partial charge < -0.3 is 10.1 Å². The number of nitrogens with one attached hydrogen (secondary N) is 1. The predicted octanol–water partition coefficient (Wildman–Crippen LogP) is 1.53. The monoisotopic (exact) mass is 157 g/mol.